The maximum Gasteiger partial charge on any atom is 0.254 e. The molecule has 1 aromatic carbocycles. The van der Waals surface area contributed by atoms with E-state index < -0.39 is 10.0 Å². The Morgan fingerprint density at radius 1 is 1.33 bits per heavy atom. The van der Waals surface area contributed by atoms with Crippen LogP contribution in [0.25, 0.3) is 0 Å². The molecule has 0 saturated heterocycles. The van der Waals surface area contributed by atoms with Gasteiger partial charge in [-0.3, -0.25) is 9.52 Å². The second-order valence-corrected chi connectivity index (χ2v) is 7.75. The lowest BCUT2D eigenvalue weighted by molar-refractivity contribution is 0.0828. The molecule has 7 heteroatoms. The normalized spacial score (nSPS) is 11.5. The topological polar surface area (TPSA) is 66.5 Å². The standard InChI is InChI=1S/C14H21ClN2O3S/c1-10(2)7-8-21(19,20)16-11-5-6-12(13(15)9-11)14(18)17(3)4/h5-6,9-10,16H,7-8H2,1-4H3. The molecule has 0 spiro atoms. The molecule has 0 fully saturated rings. The van der Waals surface area contributed by atoms with Gasteiger partial charge in [-0.25, -0.2) is 8.42 Å². The van der Waals surface area contributed by atoms with E-state index in [1.807, 2.05) is 13.8 Å². The molecule has 0 radical (unpaired) electrons. The number of carbonyl (C=O) groups excluding carboxylic acids is 1. The van der Waals surface area contributed by atoms with E-state index >= 15 is 0 Å². The Morgan fingerprint density at radius 3 is 2.43 bits per heavy atom. The molecule has 5 nitrogen and oxygen atoms in total. The molecule has 0 aromatic heterocycles. The van der Waals surface area contributed by atoms with Crippen molar-refractivity contribution in [3.05, 3.63) is 28.8 Å². The first kappa shape index (κ1) is 17.8. The maximum atomic E-state index is 11.9. The van der Waals surface area contributed by atoms with Crippen molar-refractivity contribution in [3.8, 4) is 0 Å². The highest BCUT2D eigenvalue weighted by Gasteiger charge is 2.15. The van der Waals surface area contributed by atoms with Gasteiger partial charge in [0.1, 0.15) is 0 Å². The Balaban J connectivity index is 2.87. The van der Waals surface area contributed by atoms with Crippen LogP contribution in [0.2, 0.25) is 5.02 Å². The molecule has 1 amide bonds. The van der Waals surface area contributed by atoms with Gasteiger partial charge in [0.15, 0.2) is 0 Å². The highest BCUT2D eigenvalue weighted by Crippen LogP contribution is 2.23. The van der Waals surface area contributed by atoms with E-state index in [2.05, 4.69) is 4.72 Å². The van der Waals surface area contributed by atoms with Gasteiger partial charge in [0.05, 0.1) is 16.3 Å². The number of halogens is 1. The second kappa shape index (κ2) is 7.13. The van der Waals surface area contributed by atoms with Crippen molar-refractivity contribution in [2.45, 2.75) is 20.3 Å². The SMILES string of the molecule is CC(C)CCS(=O)(=O)Nc1ccc(C(=O)N(C)C)c(Cl)c1. The van der Waals surface area contributed by atoms with Gasteiger partial charge >= 0.3 is 0 Å². The highest BCUT2D eigenvalue weighted by atomic mass is 35.5. The number of hydrogen-bond donors (Lipinski definition) is 1. The van der Waals surface area contributed by atoms with Gasteiger partial charge in [-0.15, -0.1) is 0 Å². The Hall–Kier alpha value is -1.27. The zero-order valence-corrected chi connectivity index (χ0v) is 14.3. The fraction of sp³-hybridized carbons (Fsp3) is 0.500. The van der Waals surface area contributed by atoms with Crippen molar-refractivity contribution < 1.29 is 13.2 Å². The van der Waals surface area contributed by atoms with E-state index in [0.717, 1.165) is 0 Å². The van der Waals surface area contributed by atoms with Gasteiger partial charge in [-0.1, -0.05) is 25.4 Å². The minimum atomic E-state index is -3.40. The number of hydrogen-bond acceptors (Lipinski definition) is 3. The van der Waals surface area contributed by atoms with Crippen molar-refractivity contribution in [1.29, 1.82) is 0 Å². The average Bonchev–Trinajstić information content (AvgIpc) is 2.35. The number of amides is 1. The van der Waals surface area contributed by atoms with Crippen molar-refractivity contribution in [3.63, 3.8) is 0 Å². The summed E-state index contributed by atoms with van der Waals surface area (Å²) in [5, 5.41) is 0.220. The van der Waals surface area contributed by atoms with E-state index in [9.17, 15) is 13.2 Å². The summed E-state index contributed by atoms with van der Waals surface area (Å²) in [7, 11) is -0.147. The van der Waals surface area contributed by atoms with Gasteiger partial charge in [0.25, 0.3) is 5.91 Å². The molecule has 0 unspecified atom stereocenters. The fourth-order valence-electron chi connectivity index (χ4n) is 1.61. The van der Waals surface area contributed by atoms with Crippen LogP contribution in [0.15, 0.2) is 18.2 Å². The number of benzene rings is 1. The van der Waals surface area contributed by atoms with Crippen LogP contribution in [0.4, 0.5) is 5.69 Å². The molecule has 0 aliphatic heterocycles. The average molecular weight is 333 g/mol. The third-order valence-electron chi connectivity index (χ3n) is 2.84. The molecule has 118 valence electrons. The third-order valence-corrected chi connectivity index (χ3v) is 4.48. The fourth-order valence-corrected chi connectivity index (χ4v) is 3.25. The first-order valence-electron chi connectivity index (χ1n) is 6.64. The lowest BCUT2D eigenvalue weighted by atomic mass is 10.2. The number of nitrogens with one attached hydrogen (secondary N) is 1. The Kier molecular flexibility index (Phi) is 6.04. The number of nitrogens with zero attached hydrogens (tertiary/aromatic N) is 1. The van der Waals surface area contributed by atoms with Crippen LogP contribution in [0.1, 0.15) is 30.6 Å². The van der Waals surface area contributed by atoms with Crippen LogP contribution in [0.5, 0.6) is 0 Å². The number of sulfonamides is 1. The molecule has 1 rings (SSSR count). The Labute approximate surface area is 131 Å². The molecule has 0 aliphatic carbocycles. The zero-order valence-electron chi connectivity index (χ0n) is 12.7. The van der Waals surface area contributed by atoms with E-state index in [4.69, 9.17) is 11.6 Å². The monoisotopic (exact) mass is 332 g/mol. The summed E-state index contributed by atoms with van der Waals surface area (Å²) in [6.07, 6.45) is 0.584. The van der Waals surface area contributed by atoms with Gasteiger partial charge in [0.2, 0.25) is 10.0 Å². The summed E-state index contributed by atoms with van der Waals surface area (Å²) in [5.41, 5.74) is 0.700. The molecule has 0 aliphatic rings. The summed E-state index contributed by atoms with van der Waals surface area (Å²) < 4.78 is 26.3. The van der Waals surface area contributed by atoms with Crippen molar-refractivity contribution in [2.24, 2.45) is 5.92 Å². The molecular weight excluding hydrogens is 312 g/mol. The summed E-state index contributed by atoms with van der Waals surface area (Å²) in [5.74, 6) is 0.139. The van der Waals surface area contributed by atoms with E-state index in [1.54, 1.807) is 14.1 Å². The van der Waals surface area contributed by atoms with Crippen molar-refractivity contribution in [2.75, 3.05) is 24.6 Å². The molecule has 0 bridgehead atoms. The predicted octanol–water partition coefficient (Wildman–Crippen LogP) is 2.83. The smallest absolute Gasteiger partial charge is 0.254 e. The first-order valence-corrected chi connectivity index (χ1v) is 8.67. The van der Waals surface area contributed by atoms with Crippen LogP contribution < -0.4 is 4.72 Å². The number of anilines is 1. The lowest BCUT2D eigenvalue weighted by Crippen LogP contribution is -2.22. The molecule has 1 aromatic rings. The quantitative estimate of drug-likeness (QED) is 0.871. The Bertz CT molecular complexity index is 613. The van der Waals surface area contributed by atoms with Gasteiger partial charge in [0, 0.05) is 19.8 Å². The van der Waals surface area contributed by atoms with Crippen LogP contribution in [0.3, 0.4) is 0 Å². The molecule has 0 saturated carbocycles. The minimum absolute atomic E-state index is 0.0562. The summed E-state index contributed by atoms with van der Waals surface area (Å²) in [4.78, 5) is 13.3. The lowest BCUT2D eigenvalue weighted by Gasteiger charge is -2.13. The van der Waals surface area contributed by atoms with Crippen LogP contribution >= 0.6 is 11.6 Å². The maximum absolute atomic E-state index is 11.9. The largest absolute Gasteiger partial charge is 0.345 e. The third kappa shape index (κ3) is 5.55. The van der Waals surface area contributed by atoms with E-state index in [-0.39, 0.29) is 16.7 Å². The summed E-state index contributed by atoms with van der Waals surface area (Å²) >= 11 is 6.04. The van der Waals surface area contributed by atoms with E-state index in [1.165, 1.54) is 23.1 Å². The zero-order chi connectivity index (χ0) is 16.2. The molecule has 0 heterocycles. The molecule has 1 N–H and O–H groups in total. The van der Waals surface area contributed by atoms with Crippen molar-refractivity contribution in [1.82, 2.24) is 4.90 Å². The number of carbonyl (C=O) groups is 1. The first-order chi connectivity index (χ1) is 9.62. The van der Waals surface area contributed by atoms with E-state index in [0.29, 0.717) is 23.6 Å². The van der Waals surface area contributed by atoms with Crippen molar-refractivity contribution >= 4 is 33.2 Å². The van der Waals surface area contributed by atoms with Gasteiger partial charge in [-0.05, 0) is 30.5 Å². The Morgan fingerprint density at radius 2 is 1.95 bits per heavy atom. The van der Waals surface area contributed by atoms with Crippen LogP contribution in [-0.4, -0.2) is 39.1 Å². The summed E-state index contributed by atoms with van der Waals surface area (Å²) in [6.45, 7) is 3.93. The molecule has 0 atom stereocenters. The van der Waals surface area contributed by atoms with Gasteiger partial charge in [-0.2, -0.15) is 0 Å². The van der Waals surface area contributed by atoms with Gasteiger partial charge < -0.3 is 4.90 Å². The van der Waals surface area contributed by atoms with Crippen LogP contribution in [0, 0.1) is 5.92 Å². The highest BCUT2D eigenvalue weighted by molar-refractivity contribution is 7.92. The molecule has 21 heavy (non-hydrogen) atoms. The van der Waals surface area contributed by atoms with Crippen LogP contribution in [-0.2, 0) is 10.0 Å². The molecular formula is C14H21ClN2O3S. The predicted molar refractivity (Wildman–Crippen MR) is 86.3 cm³/mol. The minimum Gasteiger partial charge on any atom is -0.345 e. The summed E-state index contributed by atoms with van der Waals surface area (Å²) in [6, 6.07) is 4.51. The second-order valence-electron chi connectivity index (χ2n) is 5.50. The number of rotatable bonds is 6.